The van der Waals surface area contributed by atoms with Crippen LogP contribution in [0.2, 0.25) is 0 Å². The van der Waals surface area contributed by atoms with Gasteiger partial charge in [0.2, 0.25) is 0 Å². The molecule has 6 nitrogen and oxygen atoms in total. The van der Waals surface area contributed by atoms with Crippen molar-refractivity contribution in [3.8, 4) is 17.6 Å². The standard InChI is InChI=1S/C29H39N3O3/c1-6-11-12-13-20-35-25-18-16-23(17-19-25)14-15-24-21-26(28(33)31(7-2)8-3)30-27(22-24)29(34)32(9-4)10-5/h16-19,21-22H,6-13,20H2,1-5H3. The SMILES string of the molecule is CCCCCCOc1ccc(C#Cc2cc(C(=O)N(CC)CC)nc(C(=O)N(CC)CC)c2)cc1. The van der Waals surface area contributed by atoms with Gasteiger partial charge in [0.25, 0.3) is 11.8 Å². The molecule has 0 saturated heterocycles. The van der Waals surface area contributed by atoms with Gasteiger partial charge in [-0.25, -0.2) is 4.98 Å². The van der Waals surface area contributed by atoms with Crippen molar-refractivity contribution in [1.82, 2.24) is 14.8 Å². The van der Waals surface area contributed by atoms with Gasteiger partial charge in [-0.1, -0.05) is 38.0 Å². The van der Waals surface area contributed by atoms with Crippen molar-refractivity contribution in [2.75, 3.05) is 32.8 Å². The van der Waals surface area contributed by atoms with Gasteiger partial charge in [0.05, 0.1) is 6.61 Å². The van der Waals surface area contributed by atoms with E-state index in [0.717, 1.165) is 17.7 Å². The van der Waals surface area contributed by atoms with E-state index in [-0.39, 0.29) is 23.2 Å². The Labute approximate surface area is 210 Å². The summed E-state index contributed by atoms with van der Waals surface area (Å²) in [6.45, 7) is 12.9. The summed E-state index contributed by atoms with van der Waals surface area (Å²) in [5, 5.41) is 0. The molecule has 35 heavy (non-hydrogen) atoms. The minimum absolute atomic E-state index is 0.201. The molecule has 0 bridgehead atoms. The molecule has 2 rings (SSSR count). The number of nitrogens with zero attached hydrogens (tertiary/aromatic N) is 3. The third kappa shape index (κ3) is 8.43. The second-order valence-electron chi connectivity index (χ2n) is 8.26. The number of amides is 2. The molecule has 1 aromatic carbocycles. The number of ether oxygens (including phenoxy) is 1. The Morgan fingerprint density at radius 2 is 1.26 bits per heavy atom. The number of pyridine rings is 1. The summed E-state index contributed by atoms with van der Waals surface area (Å²) in [5.74, 6) is 6.68. The molecule has 0 aliphatic heterocycles. The first-order chi connectivity index (χ1) is 17.0. The molecule has 0 fully saturated rings. The van der Waals surface area contributed by atoms with Gasteiger partial charge in [-0.3, -0.25) is 9.59 Å². The zero-order valence-corrected chi connectivity index (χ0v) is 21.9. The molecule has 1 heterocycles. The third-order valence-corrected chi connectivity index (χ3v) is 5.84. The molecule has 0 spiro atoms. The molecular formula is C29H39N3O3. The summed E-state index contributed by atoms with van der Waals surface area (Å²) < 4.78 is 5.80. The van der Waals surface area contributed by atoms with Crippen molar-refractivity contribution < 1.29 is 14.3 Å². The van der Waals surface area contributed by atoms with Crippen LogP contribution in [0.4, 0.5) is 0 Å². The maximum Gasteiger partial charge on any atom is 0.272 e. The van der Waals surface area contributed by atoms with Crippen molar-refractivity contribution in [2.24, 2.45) is 0 Å². The van der Waals surface area contributed by atoms with E-state index in [1.165, 1.54) is 19.3 Å². The average molecular weight is 478 g/mol. The Kier molecular flexibility index (Phi) is 11.8. The maximum atomic E-state index is 13.0. The van der Waals surface area contributed by atoms with E-state index in [4.69, 9.17) is 4.74 Å². The Balaban J connectivity index is 2.27. The Hall–Kier alpha value is -3.33. The van der Waals surface area contributed by atoms with Crippen LogP contribution in [0, 0.1) is 11.8 Å². The van der Waals surface area contributed by atoms with E-state index in [1.54, 1.807) is 21.9 Å². The third-order valence-electron chi connectivity index (χ3n) is 5.84. The lowest BCUT2D eigenvalue weighted by Gasteiger charge is -2.20. The number of rotatable bonds is 12. The van der Waals surface area contributed by atoms with Crippen LogP contribution >= 0.6 is 0 Å². The summed E-state index contributed by atoms with van der Waals surface area (Å²) in [6, 6.07) is 11.0. The number of aromatic nitrogens is 1. The van der Waals surface area contributed by atoms with Crippen LogP contribution < -0.4 is 4.74 Å². The van der Waals surface area contributed by atoms with Crippen LogP contribution in [-0.2, 0) is 0 Å². The number of hydrogen-bond donors (Lipinski definition) is 0. The molecule has 0 unspecified atom stereocenters. The van der Waals surface area contributed by atoms with Gasteiger partial charge >= 0.3 is 0 Å². The fourth-order valence-corrected chi connectivity index (χ4v) is 3.67. The highest BCUT2D eigenvalue weighted by Crippen LogP contribution is 2.14. The van der Waals surface area contributed by atoms with E-state index in [0.29, 0.717) is 38.3 Å². The largest absolute Gasteiger partial charge is 0.494 e. The summed E-state index contributed by atoms with van der Waals surface area (Å²) in [4.78, 5) is 33.7. The highest BCUT2D eigenvalue weighted by atomic mass is 16.5. The second-order valence-corrected chi connectivity index (χ2v) is 8.26. The molecule has 0 radical (unpaired) electrons. The van der Waals surface area contributed by atoms with Crippen molar-refractivity contribution in [3.63, 3.8) is 0 Å². The van der Waals surface area contributed by atoms with E-state index in [9.17, 15) is 9.59 Å². The Morgan fingerprint density at radius 1 is 0.743 bits per heavy atom. The summed E-state index contributed by atoms with van der Waals surface area (Å²) in [5.41, 5.74) is 1.89. The maximum absolute atomic E-state index is 13.0. The first kappa shape index (κ1) is 27.9. The van der Waals surface area contributed by atoms with Gasteiger partial charge in [-0.2, -0.15) is 0 Å². The van der Waals surface area contributed by atoms with Crippen LogP contribution in [0.15, 0.2) is 36.4 Å². The number of carbonyl (C=O) groups is 2. The van der Waals surface area contributed by atoms with Gasteiger partial charge < -0.3 is 14.5 Å². The van der Waals surface area contributed by atoms with Gasteiger partial charge in [-0.15, -0.1) is 0 Å². The summed E-state index contributed by atoms with van der Waals surface area (Å²) >= 11 is 0. The molecule has 0 saturated carbocycles. The molecule has 188 valence electrons. The summed E-state index contributed by atoms with van der Waals surface area (Å²) in [6.07, 6.45) is 4.68. The van der Waals surface area contributed by atoms with Crippen molar-refractivity contribution in [2.45, 2.75) is 60.3 Å². The highest BCUT2D eigenvalue weighted by molar-refractivity contribution is 5.97. The highest BCUT2D eigenvalue weighted by Gasteiger charge is 2.20. The van der Waals surface area contributed by atoms with E-state index in [2.05, 4.69) is 23.7 Å². The van der Waals surface area contributed by atoms with Gasteiger partial charge in [0.1, 0.15) is 17.1 Å². The monoisotopic (exact) mass is 477 g/mol. The number of unbranched alkanes of at least 4 members (excludes halogenated alkanes) is 3. The molecular weight excluding hydrogens is 438 g/mol. The lowest BCUT2D eigenvalue weighted by atomic mass is 10.1. The van der Waals surface area contributed by atoms with Crippen molar-refractivity contribution in [1.29, 1.82) is 0 Å². The predicted molar refractivity (Wildman–Crippen MR) is 141 cm³/mol. The fraction of sp³-hybridized carbons (Fsp3) is 0.483. The number of benzene rings is 1. The molecule has 6 heteroatoms. The smallest absolute Gasteiger partial charge is 0.272 e. The van der Waals surface area contributed by atoms with Crippen LogP contribution in [0.1, 0.15) is 92.4 Å². The first-order valence-corrected chi connectivity index (χ1v) is 12.8. The van der Waals surface area contributed by atoms with Crippen LogP contribution in [-0.4, -0.2) is 59.4 Å². The lowest BCUT2D eigenvalue weighted by Crippen LogP contribution is -2.33. The quantitative estimate of drug-likeness (QED) is 0.303. The topological polar surface area (TPSA) is 62.7 Å². The zero-order chi connectivity index (χ0) is 25.6. The molecule has 1 aromatic heterocycles. The van der Waals surface area contributed by atoms with Crippen LogP contribution in [0.5, 0.6) is 5.75 Å². The number of carbonyl (C=O) groups excluding carboxylic acids is 2. The summed E-state index contributed by atoms with van der Waals surface area (Å²) in [7, 11) is 0. The molecule has 0 aliphatic rings. The molecule has 2 aromatic rings. The Morgan fingerprint density at radius 3 is 1.74 bits per heavy atom. The Bertz CT molecular complexity index is 971. The molecule has 0 atom stereocenters. The minimum atomic E-state index is -0.201. The van der Waals surface area contributed by atoms with Gasteiger partial charge in [0, 0.05) is 37.3 Å². The molecule has 0 aliphatic carbocycles. The fourth-order valence-electron chi connectivity index (χ4n) is 3.67. The minimum Gasteiger partial charge on any atom is -0.494 e. The van der Waals surface area contributed by atoms with Crippen LogP contribution in [0.3, 0.4) is 0 Å². The van der Waals surface area contributed by atoms with Gasteiger partial charge in [-0.05, 0) is 70.5 Å². The zero-order valence-electron chi connectivity index (χ0n) is 21.9. The second kappa shape index (κ2) is 14.8. The molecule has 2 amide bonds. The van der Waals surface area contributed by atoms with Crippen molar-refractivity contribution in [3.05, 3.63) is 58.9 Å². The van der Waals surface area contributed by atoms with E-state index >= 15 is 0 Å². The molecule has 0 N–H and O–H groups in total. The lowest BCUT2D eigenvalue weighted by molar-refractivity contribution is 0.0760. The van der Waals surface area contributed by atoms with Crippen LogP contribution in [0.25, 0.3) is 0 Å². The van der Waals surface area contributed by atoms with E-state index in [1.807, 2.05) is 52.0 Å². The van der Waals surface area contributed by atoms with E-state index < -0.39 is 0 Å². The van der Waals surface area contributed by atoms with Crippen molar-refractivity contribution >= 4 is 11.8 Å². The first-order valence-electron chi connectivity index (χ1n) is 12.8. The average Bonchev–Trinajstić information content (AvgIpc) is 2.89. The van der Waals surface area contributed by atoms with Gasteiger partial charge in [0.15, 0.2) is 0 Å². The normalized spacial score (nSPS) is 10.3. The predicted octanol–water partition coefficient (Wildman–Crippen LogP) is 5.40. The number of hydrogen-bond acceptors (Lipinski definition) is 4.